The van der Waals surface area contributed by atoms with Crippen molar-refractivity contribution in [3.63, 3.8) is 0 Å². The first kappa shape index (κ1) is 12.1. The van der Waals surface area contributed by atoms with Crippen LogP contribution in [0.5, 0.6) is 11.5 Å². The zero-order valence-electron chi connectivity index (χ0n) is 8.64. The third kappa shape index (κ3) is 2.33. The zero-order chi connectivity index (χ0) is 11.4. The van der Waals surface area contributed by atoms with Crippen molar-refractivity contribution in [3.8, 4) is 11.5 Å². The first-order valence-electron chi connectivity index (χ1n) is 4.44. The second kappa shape index (κ2) is 5.19. The molecule has 0 saturated carbocycles. The Balaban J connectivity index is 3.30. The summed E-state index contributed by atoms with van der Waals surface area (Å²) in [6, 6.07) is 1.33. The molecule has 1 aromatic carbocycles. The van der Waals surface area contributed by atoms with Crippen molar-refractivity contribution in [2.75, 3.05) is 20.8 Å². The lowest BCUT2D eigenvalue weighted by molar-refractivity contribution is 0.372. The van der Waals surface area contributed by atoms with E-state index in [1.165, 1.54) is 20.3 Å². The average Bonchev–Trinajstić information content (AvgIpc) is 2.19. The highest BCUT2D eigenvalue weighted by Gasteiger charge is 2.17. The lowest BCUT2D eigenvalue weighted by Gasteiger charge is -2.13. The van der Waals surface area contributed by atoms with Crippen LogP contribution in [0.15, 0.2) is 6.07 Å². The van der Waals surface area contributed by atoms with Gasteiger partial charge in [-0.3, -0.25) is 0 Å². The molecule has 15 heavy (non-hydrogen) atoms. The molecule has 0 unspecified atom stereocenters. The molecule has 1 rings (SSSR count). The van der Waals surface area contributed by atoms with Crippen molar-refractivity contribution in [2.45, 2.75) is 6.42 Å². The summed E-state index contributed by atoms with van der Waals surface area (Å²) in [5, 5.41) is 0.142. The maximum atomic E-state index is 13.4. The molecule has 0 radical (unpaired) electrons. The van der Waals surface area contributed by atoms with Crippen molar-refractivity contribution in [3.05, 3.63) is 22.5 Å². The molecule has 0 bridgehead atoms. The van der Waals surface area contributed by atoms with Crippen LogP contribution in [0.4, 0.5) is 4.39 Å². The van der Waals surface area contributed by atoms with Gasteiger partial charge in [0.2, 0.25) is 0 Å². The number of rotatable bonds is 4. The van der Waals surface area contributed by atoms with Gasteiger partial charge in [0.1, 0.15) is 10.8 Å². The highest BCUT2D eigenvalue weighted by atomic mass is 35.5. The van der Waals surface area contributed by atoms with Gasteiger partial charge in [-0.15, -0.1) is 0 Å². The van der Waals surface area contributed by atoms with Crippen LogP contribution in [0.3, 0.4) is 0 Å². The molecule has 1 aromatic rings. The fourth-order valence-electron chi connectivity index (χ4n) is 1.38. The predicted octanol–water partition coefficient (Wildman–Crippen LogP) is 2.00. The summed E-state index contributed by atoms with van der Waals surface area (Å²) in [6.45, 7) is 0.401. The number of hydrogen-bond donors (Lipinski definition) is 1. The Hall–Kier alpha value is -1.00. The van der Waals surface area contributed by atoms with E-state index in [1.54, 1.807) is 0 Å². The van der Waals surface area contributed by atoms with Gasteiger partial charge in [0.05, 0.1) is 14.2 Å². The van der Waals surface area contributed by atoms with Crippen LogP contribution in [-0.4, -0.2) is 20.8 Å². The van der Waals surface area contributed by atoms with Crippen LogP contribution in [0.2, 0.25) is 5.02 Å². The summed E-state index contributed by atoms with van der Waals surface area (Å²) in [4.78, 5) is 0. The number of nitrogens with two attached hydrogens (primary N) is 1. The van der Waals surface area contributed by atoms with E-state index >= 15 is 0 Å². The Morgan fingerprint density at radius 1 is 1.33 bits per heavy atom. The SMILES string of the molecule is COc1c(F)cc(CCN)c(OC)c1Cl. The van der Waals surface area contributed by atoms with Crippen LogP contribution in [0, 0.1) is 5.82 Å². The van der Waals surface area contributed by atoms with E-state index in [9.17, 15) is 4.39 Å². The molecule has 0 heterocycles. The number of benzene rings is 1. The van der Waals surface area contributed by atoms with E-state index in [-0.39, 0.29) is 10.8 Å². The van der Waals surface area contributed by atoms with Gasteiger partial charge in [-0.25, -0.2) is 4.39 Å². The summed E-state index contributed by atoms with van der Waals surface area (Å²) in [6.07, 6.45) is 0.504. The molecule has 84 valence electrons. The number of methoxy groups -OCH3 is 2. The monoisotopic (exact) mass is 233 g/mol. The lowest BCUT2D eigenvalue weighted by Crippen LogP contribution is -2.06. The molecule has 0 saturated heterocycles. The van der Waals surface area contributed by atoms with E-state index in [1.807, 2.05) is 0 Å². The number of ether oxygens (including phenoxy) is 2. The molecular weight excluding hydrogens is 221 g/mol. The van der Waals surface area contributed by atoms with Gasteiger partial charge in [-0.05, 0) is 19.0 Å². The Labute approximate surface area is 92.9 Å². The number of hydrogen-bond acceptors (Lipinski definition) is 3. The van der Waals surface area contributed by atoms with Gasteiger partial charge in [-0.1, -0.05) is 11.6 Å². The minimum absolute atomic E-state index is 0.00529. The zero-order valence-corrected chi connectivity index (χ0v) is 9.40. The molecule has 3 nitrogen and oxygen atoms in total. The minimum atomic E-state index is -0.508. The van der Waals surface area contributed by atoms with Gasteiger partial charge >= 0.3 is 0 Å². The van der Waals surface area contributed by atoms with E-state index in [0.717, 1.165) is 0 Å². The molecule has 0 aliphatic rings. The Morgan fingerprint density at radius 2 is 1.93 bits per heavy atom. The third-order valence-corrected chi connectivity index (χ3v) is 2.37. The van der Waals surface area contributed by atoms with Gasteiger partial charge in [0.25, 0.3) is 0 Å². The largest absolute Gasteiger partial charge is 0.495 e. The predicted molar refractivity (Wildman–Crippen MR) is 57.3 cm³/mol. The molecule has 0 spiro atoms. The molecule has 0 aromatic heterocycles. The summed E-state index contributed by atoms with van der Waals surface area (Å²) < 4.78 is 23.4. The standard InChI is InChI=1S/C10H13ClFNO2/c1-14-9-6(3-4-13)5-7(12)10(15-2)8(9)11/h5H,3-4,13H2,1-2H3. The highest BCUT2D eigenvalue weighted by molar-refractivity contribution is 6.33. The van der Waals surface area contributed by atoms with Crippen molar-refractivity contribution < 1.29 is 13.9 Å². The van der Waals surface area contributed by atoms with E-state index in [0.29, 0.717) is 24.3 Å². The summed E-state index contributed by atoms with van der Waals surface area (Å²) in [5.74, 6) is -0.0959. The molecule has 0 aliphatic heterocycles. The van der Waals surface area contributed by atoms with E-state index < -0.39 is 5.82 Å². The number of halogens is 2. The second-order valence-electron chi connectivity index (χ2n) is 2.94. The maximum absolute atomic E-state index is 13.4. The summed E-state index contributed by atoms with van der Waals surface area (Å²) in [5.41, 5.74) is 6.04. The van der Waals surface area contributed by atoms with Crippen LogP contribution in [0.1, 0.15) is 5.56 Å². The third-order valence-electron chi connectivity index (χ3n) is 2.03. The van der Waals surface area contributed by atoms with Crippen molar-refractivity contribution >= 4 is 11.6 Å². The maximum Gasteiger partial charge on any atom is 0.176 e. The molecule has 0 fully saturated rings. The van der Waals surface area contributed by atoms with Crippen molar-refractivity contribution in [1.29, 1.82) is 0 Å². The first-order chi connectivity index (χ1) is 7.15. The fraction of sp³-hybridized carbons (Fsp3) is 0.400. The average molecular weight is 234 g/mol. The lowest BCUT2D eigenvalue weighted by atomic mass is 10.1. The van der Waals surface area contributed by atoms with Crippen molar-refractivity contribution in [1.82, 2.24) is 0 Å². The van der Waals surface area contributed by atoms with E-state index in [4.69, 9.17) is 26.8 Å². The minimum Gasteiger partial charge on any atom is -0.495 e. The smallest absolute Gasteiger partial charge is 0.176 e. The Kier molecular flexibility index (Phi) is 4.17. The van der Waals surface area contributed by atoms with Crippen LogP contribution < -0.4 is 15.2 Å². The Morgan fingerprint density at radius 3 is 2.40 bits per heavy atom. The van der Waals surface area contributed by atoms with Crippen molar-refractivity contribution in [2.24, 2.45) is 5.73 Å². The van der Waals surface area contributed by atoms with E-state index in [2.05, 4.69) is 0 Å². The fourth-order valence-corrected chi connectivity index (χ4v) is 1.75. The molecule has 0 aliphatic carbocycles. The highest BCUT2D eigenvalue weighted by Crippen LogP contribution is 2.39. The van der Waals surface area contributed by atoms with Crippen LogP contribution in [-0.2, 0) is 6.42 Å². The molecular formula is C10H13ClFNO2. The molecule has 2 N–H and O–H groups in total. The van der Waals surface area contributed by atoms with Crippen LogP contribution in [0.25, 0.3) is 0 Å². The first-order valence-corrected chi connectivity index (χ1v) is 4.82. The summed E-state index contributed by atoms with van der Waals surface area (Å²) in [7, 11) is 2.82. The molecule has 0 amide bonds. The molecule has 5 heteroatoms. The second-order valence-corrected chi connectivity index (χ2v) is 3.31. The van der Waals surface area contributed by atoms with Gasteiger partial charge in [-0.2, -0.15) is 0 Å². The quantitative estimate of drug-likeness (QED) is 0.865. The van der Waals surface area contributed by atoms with Crippen LogP contribution >= 0.6 is 11.6 Å². The normalized spacial score (nSPS) is 10.2. The van der Waals surface area contributed by atoms with Gasteiger partial charge in [0, 0.05) is 5.56 Å². The topological polar surface area (TPSA) is 44.5 Å². The van der Waals surface area contributed by atoms with Gasteiger partial charge in [0.15, 0.2) is 11.6 Å². The van der Waals surface area contributed by atoms with Gasteiger partial charge < -0.3 is 15.2 Å². The Bertz CT molecular complexity index is 358. The molecule has 0 atom stereocenters. The summed E-state index contributed by atoms with van der Waals surface area (Å²) >= 11 is 5.92.